The van der Waals surface area contributed by atoms with E-state index in [4.69, 9.17) is 4.42 Å². The van der Waals surface area contributed by atoms with Crippen molar-refractivity contribution in [3.63, 3.8) is 0 Å². The standard InChI is InChI=1S/C20H25N5O2S2/c1-3-25-17(12-24-10-6-4-5-9-18(24)26)22-23-20(25)29-13-15-14(2)27-19(21-15)16-8-7-11-28-16/h7-8,11H,3-6,9-10,12-13H2,1-2H3. The highest BCUT2D eigenvalue weighted by atomic mass is 32.2. The summed E-state index contributed by atoms with van der Waals surface area (Å²) in [6.45, 7) is 6.14. The van der Waals surface area contributed by atoms with E-state index in [1.165, 1.54) is 0 Å². The molecule has 4 rings (SSSR count). The van der Waals surface area contributed by atoms with Crippen LogP contribution in [0.25, 0.3) is 10.8 Å². The smallest absolute Gasteiger partial charge is 0.236 e. The van der Waals surface area contributed by atoms with Crippen LogP contribution in [0.4, 0.5) is 0 Å². The van der Waals surface area contributed by atoms with Gasteiger partial charge in [-0.25, -0.2) is 4.98 Å². The van der Waals surface area contributed by atoms with Crippen molar-refractivity contribution in [1.82, 2.24) is 24.6 Å². The van der Waals surface area contributed by atoms with E-state index in [9.17, 15) is 4.79 Å². The number of thiophene rings is 1. The number of carbonyl (C=O) groups is 1. The van der Waals surface area contributed by atoms with Crippen molar-refractivity contribution in [2.45, 2.75) is 63.5 Å². The average Bonchev–Trinajstić information content (AvgIpc) is 3.42. The van der Waals surface area contributed by atoms with Gasteiger partial charge in [0.15, 0.2) is 11.0 Å². The maximum Gasteiger partial charge on any atom is 0.236 e. The fraction of sp³-hybridized carbons (Fsp3) is 0.500. The summed E-state index contributed by atoms with van der Waals surface area (Å²) in [6.07, 6.45) is 3.81. The van der Waals surface area contributed by atoms with E-state index in [2.05, 4.69) is 26.7 Å². The van der Waals surface area contributed by atoms with E-state index < -0.39 is 0 Å². The van der Waals surface area contributed by atoms with E-state index >= 15 is 0 Å². The van der Waals surface area contributed by atoms with E-state index in [0.717, 1.165) is 59.7 Å². The van der Waals surface area contributed by atoms with Gasteiger partial charge in [0, 0.05) is 25.3 Å². The first-order valence-electron chi connectivity index (χ1n) is 9.98. The number of aryl methyl sites for hydroxylation is 1. The average molecular weight is 432 g/mol. The highest BCUT2D eigenvalue weighted by molar-refractivity contribution is 7.98. The van der Waals surface area contributed by atoms with Crippen LogP contribution in [-0.2, 0) is 23.6 Å². The second-order valence-corrected chi connectivity index (χ2v) is 8.95. The fourth-order valence-electron chi connectivity index (χ4n) is 3.44. The molecular formula is C20H25N5O2S2. The second-order valence-electron chi connectivity index (χ2n) is 7.06. The molecule has 0 bridgehead atoms. The van der Waals surface area contributed by atoms with Gasteiger partial charge in [-0.2, -0.15) is 0 Å². The highest BCUT2D eigenvalue weighted by Crippen LogP contribution is 2.29. The highest BCUT2D eigenvalue weighted by Gasteiger charge is 2.21. The number of oxazole rings is 1. The Morgan fingerprint density at radius 2 is 2.17 bits per heavy atom. The van der Waals surface area contributed by atoms with Crippen molar-refractivity contribution < 1.29 is 9.21 Å². The molecule has 1 aliphatic rings. The number of hydrogen-bond donors (Lipinski definition) is 0. The van der Waals surface area contributed by atoms with Crippen LogP contribution < -0.4 is 0 Å². The first-order chi connectivity index (χ1) is 14.2. The molecular weight excluding hydrogens is 406 g/mol. The van der Waals surface area contributed by atoms with Gasteiger partial charge in [-0.05, 0) is 38.1 Å². The van der Waals surface area contributed by atoms with Crippen LogP contribution >= 0.6 is 23.1 Å². The molecule has 9 heteroatoms. The number of amides is 1. The van der Waals surface area contributed by atoms with Crippen LogP contribution in [0.2, 0.25) is 0 Å². The topological polar surface area (TPSA) is 77.1 Å². The SMILES string of the molecule is CCn1c(CN2CCCCCC2=O)nnc1SCc1nc(-c2cccs2)oc1C. The first kappa shape index (κ1) is 20.2. The van der Waals surface area contributed by atoms with Crippen LogP contribution in [0.1, 0.15) is 49.9 Å². The molecule has 0 aromatic carbocycles. The lowest BCUT2D eigenvalue weighted by Gasteiger charge is -2.20. The van der Waals surface area contributed by atoms with Gasteiger partial charge < -0.3 is 13.9 Å². The summed E-state index contributed by atoms with van der Waals surface area (Å²) in [7, 11) is 0. The zero-order valence-electron chi connectivity index (χ0n) is 16.8. The van der Waals surface area contributed by atoms with Crippen LogP contribution in [0.5, 0.6) is 0 Å². The van der Waals surface area contributed by atoms with Crippen molar-refractivity contribution in [2.75, 3.05) is 6.54 Å². The largest absolute Gasteiger partial charge is 0.440 e. The van der Waals surface area contributed by atoms with Gasteiger partial charge in [0.05, 0.1) is 17.1 Å². The summed E-state index contributed by atoms with van der Waals surface area (Å²) in [6, 6.07) is 4.01. The summed E-state index contributed by atoms with van der Waals surface area (Å²) in [4.78, 5) is 19.9. The summed E-state index contributed by atoms with van der Waals surface area (Å²) in [5.41, 5.74) is 0.924. The maximum absolute atomic E-state index is 12.3. The van der Waals surface area contributed by atoms with E-state index in [1.54, 1.807) is 23.1 Å². The third kappa shape index (κ3) is 4.56. The maximum atomic E-state index is 12.3. The Morgan fingerprint density at radius 1 is 1.28 bits per heavy atom. The van der Waals surface area contributed by atoms with Crippen LogP contribution in [0.15, 0.2) is 27.1 Å². The monoisotopic (exact) mass is 431 g/mol. The summed E-state index contributed by atoms with van der Waals surface area (Å²) in [5, 5.41) is 11.6. The summed E-state index contributed by atoms with van der Waals surface area (Å²) in [5.74, 6) is 3.24. The number of aromatic nitrogens is 4. The van der Waals surface area contributed by atoms with Crippen molar-refractivity contribution in [2.24, 2.45) is 0 Å². The fourth-order valence-corrected chi connectivity index (χ4v) is 5.11. The predicted octanol–water partition coefficient (Wildman–Crippen LogP) is 4.52. The van der Waals surface area contributed by atoms with E-state index in [0.29, 0.717) is 24.6 Å². The third-order valence-corrected chi connectivity index (χ3v) is 6.91. The predicted molar refractivity (Wildman–Crippen MR) is 114 cm³/mol. The Bertz CT molecular complexity index is 964. The zero-order valence-corrected chi connectivity index (χ0v) is 18.4. The molecule has 1 saturated heterocycles. The number of rotatable bonds is 7. The number of hydrogen-bond acceptors (Lipinski definition) is 7. The summed E-state index contributed by atoms with van der Waals surface area (Å²) >= 11 is 3.22. The van der Waals surface area contributed by atoms with Gasteiger partial charge in [-0.3, -0.25) is 4.79 Å². The Morgan fingerprint density at radius 3 is 2.97 bits per heavy atom. The van der Waals surface area contributed by atoms with Gasteiger partial charge in [0.1, 0.15) is 5.76 Å². The van der Waals surface area contributed by atoms with Gasteiger partial charge in [-0.1, -0.05) is 24.2 Å². The number of thioether (sulfide) groups is 1. The molecule has 1 fully saturated rings. The molecule has 1 aliphatic heterocycles. The van der Waals surface area contributed by atoms with Crippen molar-refractivity contribution >= 4 is 29.0 Å². The molecule has 3 aromatic rings. The lowest BCUT2D eigenvalue weighted by atomic mass is 10.2. The molecule has 0 atom stereocenters. The van der Waals surface area contributed by atoms with E-state index in [1.807, 2.05) is 29.3 Å². The Kier molecular flexibility index (Phi) is 6.34. The van der Waals surface area contributed by atoms with Crippen LogP contribution in [-0.4, -0.2) is 37.1 Å². The lowest BCUT2D eigenvalue weighted by molar-refractivity contribution is -0.131. The molecule has 1 amide bonds. The minimum Gasteiger partial charge on any atom is -0.440 e. The molecule has 154 valence electrons. The van der Waals surface area contributed by atoms with Crippen LogP contribution in [0, 0.1) is 6.92 Å². The summed E-state index contributed by atoms with van der Waals surface area (Å²) < 4.78 is 7.93. The normalized spacial score (nSPS) is 15.1. The zero-order chi connectivity index (χ0) is 20.2. The quantitative estimate of drug-likeness (QED) is 0.512. The molecule has 29 heavy (non-hydrogen) atoms. The van der Waals surface area contributed by atoms with Crippen molar-refractivity contribution in [3.05, 3.63) is 34.8 Å². The molecule has 0 spiro atoms. The number of carbonyl (C=O) groups excluding carboxylic acids is 1. The van der Waals surface area contributed by atoms with Gasteiger partial charge in [0.25, 0.3) is 0 Å². The Hall–Kier alpha value is -2.13. The molecule has 7 nitrogen and oxygen atoms in total. The van der Waals surface area contributed by atoms with E-state index in [-0.39, 0.29) is 5.91 Å². The molecule has 0 radical (unpaired) electrons. The molecule has 3 aromatic heterocycles. The number of likely N-dealkylation sites (tertiary alicyclic amines) is 1. The van der Waals surface area contributed by atoms with Gasteiger partial charge in [0.2, 0.25) is 11.8 Å². The van der Waals surface area contributed by atoms with Gasteiger partial charge >= 0.3 is 0 Å². The number of nitrogens with zero attached hydrogens (tertiary/aromatic N) is 5. The minimum atomic E-state index is 0.224. The van der Waals surface area contributed by atoms with Gasteiger partial charge in [-0.15, -0.1) is 21.5 Å². The van der Waals surface area contributed by atoms with Crippen LogP contribution in [0.3, 0.4) is 0 Å². The Labute approximate surface area is 178 Å². The molecule has 0 N–H and O–H groups in total. The Balaban J connectivity index is 1.45. The lowest BCUT2D eigenvalue weighted by Crippen LogP contribution is -2.31. The molecule has 0 aliphatic carbocycles. The molecule has 0 saturated carbocycles. The minimum absolute atomic E-state index is 0.224. The third-order valence-electron chi connectivity index (χ3n) is 5.08. The molecule has 4 heterocycles. The molecule has 0 unspecified atom stereocenters. The second kappa shape index (κ2) is 9.13. The van der Waals surface area contributed by atoms with Crippen molar-refractivity contribution in [3.8, 4) is 10.8 Å². The van der Waals surface area contributed by atoms with Crippen molar-refractivity contribution in [1.29, 1.82) is 0 Å². The first-order valence-corrected chi connectivity index (χ1v) is 11.8.